The number of ketones is 1. The van der Waals surface area contributed by atoms with Crippen molar-refractivity contribution < 1.29 is 9.18 Å². The maximum atomic E-state index is 12.7. The Morgan fingerprint density at radius 1 is 1.35 bits per heavy atom. The van der Waals surface area contributed by atoms with Gasteiger partial charge in [-0.25, -0.2) is 9.37 Å². The summed E-state index contributed by atoms with van der Waals surface area (Å²) in [7, 11) is 0. The first-order chi connectivity index (χ1) is 8.19. The lowest BCUT2D eigenvalue weighted by molar-refractivity contribution is 0.101. The Bertz CT molecular complexity index is 524. The lowest BCUT2D eigenvalue weighted by atomic mass is 10.1. The number of Topliss-reactive ketones (excluding diaryl/α,β-unsaturated/α-hetero) is 1. The number of rotatable bonds is 4. The van der Waals surface area contributed by atoms with E-state index >= 15 is 0 Å². The van der Waals surface area contributed by atoms with Gasteiger partial charge in [-0.3, -0.25) is 4.79 Å². The summed E-state index contributed by atoms with van der Waals surface area (Å²) in [4.78, 5) is 15.5. The molecule has 2 nitrogen and oxygen atoms in total. The van der Waals surface area contributed by atoms with E-state index in [1.54, 1.807) is 17.5 Å². The molecule has 2 rings (SSSR count). The van der Waals surface area contributed by atoms with E-state index in [0.29, 0.717) is 12.1 Å². The minimum atomic E-state index is -0.258. The smallest absolute Gasteiger partial charge is 0.196 e. The van der Waals surface area contributed by atoms with Crippen LogP contribution >= 0.6 is 22.9 Å². The van der Waals surface area contributed by atoms with Gasteiger partial charge < -0.3 is 0 Å². The molecule has 0 saturated heterocycles. The van der Waals surface area contributed by atoms with Crippen LogP contribution in [0.1, 0.15) is 21.1 Å². The molecule has 0 N–H and O–H groups in total. The first kappa shape index (κ1) is 12.2. The van der Waals surface area contributed by atoms with Gasteiger partial charge in [0.15, 0.2) is 5.78 Å². The number of benzene rings is 1. The van der Waals surface area contributed by atoms with Gasteiger partial charge in [-0.1, -0.05) is 12.1 Å². The van der Waals surface area contributed by atoms with E-state index in [0.717, 1.165) is 10.6 Å². The second kappa shape index (κ2) is 5.38. The number of thiazole rings is 1. The third-order valence-electron chi connectivity index (χ3n) is 2.23. The summed E-state index contributed by atoms with van der Waals surface area (Å²) in [6, 6.07) is 6.24. The minimum absolute atomic E-state index is 0.0558. The maximum absolute atomic E-state index is 12.7. The van der Waals surface area contributed by atoms with Gasteiger partial charge in [0.1, 0.15) is 11.5 Å². The molecule has 88 valence electrons. The van der Waals surface area contributed by atoms with Crippen molar-refractivity contribution in [1.82, 2.24) is 4.98 Å². The van der Waals surface area contributed by atoms with Gasteiger partial charge in [0.25, 0.3) is 0 Å². The van der Waals surface area contributed by atoms with Crippen LogP contribution in [0.4, 0.5) is 4.39 Å². The van der Waals surface area contributed by atoms with Crippen LogP contribution in [0.15, 0.2) is 29.6 Å². The first-order valence-electron chi connectivity index (χ1n) is 4.97. The Labute approximate surface area is 107 Å². The number of hydrogen-bond acceptors (Lipinski definition) is 3. The molecule has 0 aliphatic carbocycles. The zero-order valence-corrected chi connectivity index (χ0v) is 10.4. The molecule has 17 heavy (non-hydrogen) atoms. The van der Waals surface area contributed by atoms with E-state index < -0.39 is 0 Å². The number of nitrogens with zero attached hydrogens (tertiary/aromatic N) is 1. The van der Waals surface area contributed by atoms with Crippen molar-refractivity contribution in [1.29, 1.82) is 0 Å². The van der Waals surface area contributed by atoms with Gasteiger partial charge in [0, 0.05) is 11.8 Å². The monoisotopic (exact) mass is 269 g/mol. The summed E-state index contributed by atoms with van der Waals surface area (Å²) in [6.45, 7) is 0. The van der Waals surface area contributed by atoms with Crippen LogP contribution in [-0.4, -0.2) is 16.6 Å². The molecule has 0 aliphatic rings. The summed E-state index contributed by atoms with van der Waals surface area (Å²) in [5, 5.41) is 2.52. The molecule has 1 heterocycles. The molecule has 0 aliphatic heterocycles. The maximum Gasteiger partial charge on any atom is 0.196 e. The third kappa shape index (κ3) is 3.11. The molecule has 0 bridgehead atoms. The Morgan fingerprint density at radius 2 is 2.06 bits per heavy atom. The van der Waals surface area contributed by atoms with Crippen LogP contribution in [-0.2, 0) is 6.42 Å². The topological polar surface area (TPSA) is 30.0 Å². The number of alkyl halides is 1. The molecule has 0 amide bonds. The van der Waals surface area contributed by atoms with E-state index in [-0.39, 0.29) is 17.5 Å². The van der Waals surface area contributed by atoms with Gasteiger partial charge in [0.05, 0.1) is 10.9 Å². The van der Waals surface area contributed by atoms with E-state index in [2.05, 4.69) is 4.98 Å². The van der Waals surface area contributed by atoms with Gasteiger partial charge in [-0.15, -0.1) is 22.9 Å². The van der Waals surface area contributed by atoms with E-state index in [1.807, 2.05) is 0 Å². The van der Waals surface area contributed by atoms with Gasteiger partial charge in [0.2, 0.25) is 0 Å². The predicted octanol–water partition coefficient (Wildman–Crippen LogP) is 3.29. The summed E-state index contributed by atoms with van der Waals surface area (Å²) in [6.07, 6.45) is 0.598. The predicted molar refractivity (Wildman–Crippen MR) is 66.4 cm³/mol. The molecule has 1 aromatic heterocycles. The summed E-state index contributed by atoms with van der Waals surface area (Å²) >= 11 is 6.85. The highest BCUT2D eigenvalue weighted by Crippen LogP contribution is 2.15. The standard InChI is InChI=1S/C12H9ClFNOS/c13-6-11(16)10-7-17-12(15-10)5-8-1-3-9(14)4-2-8/h1-4,7H,5-6H2. The molecule has 0 unspecified atom stereocenters. The van der Waals surface area contributed by atoms with Gasteiger partial charge in [-0.05, 0) is 17.7 Å². The number of halogens is 2. The summed E-state index contributed by atoms with van der Waals surface area (Å²) in [5.74, 6) is -0.487. The fourth-order valence-electron chi connectivity index (χ4n) is 1.37. The highest BCUT2D eigenvalue weighted by molar-refractivity contribution is 7.09. The Hall–Kier alpha value is -1.26. The minimum Gasteiger partial charge on any atom is -0.291 e. The molecule has 0 saturated carbocycles. The van der Waals surface area contributed by atoms with Crippen LogP contribution in [0.2, 0.25) is 0 Å². The fourth-order valence-corrected chi connectivity index (χ4v) is 2.34. The van der Waals surface area contributed by atoms with Crippen molar-refractivity contribution in [2.75, 3.05) is 5.88 Å². The quantitative estimate of drug-likeness (QED) is 0.630. The number of hydrogen-bond donors (Lipinski definition) is 0. The van der Waals surface area contributed by atoms with Crippen molar-refractivity contribution >= 4 is 28.7 Å². The largest absolute Gasteiger partial charge is 0.291 e. The van der Waals surface area contributed by atoms with E-state index in [4.69, 9.17) is 11.6 Å². The van der Waals surface area contributed by atoms with Crippen LogP contribution < -0.4 is 0 Å². The molecular weight excluding hydrogens is 261 g/mol. The fraction of sp³-hybridized carbons (Fsp3) is 0.167. The van der Waals surface area contributed by atoms with Crippen molar-refractivity contribution in [2.45, 2.75) is 6.42 Å². The van der Waals surface area contributed by atoms with E-state index in [1.165, 1.54) is 23.5 Å². The van der Waals surface area contributed by atoms with Crippen LogP contribution in [0.3, 0.4) is 0 Å². The lowest BCUT2D eigenvalue weighted by Gasteiger charge is -1.97. The lowest BCUT2D eigenvalue weighted by Crippen LogP contribution is -2.00. The molecule has 0 atom stereocenters. The number of carbonyl (C=O) groups excluding carboxylic acids is 1. The summed E-state index contributed by atoms with van der Waals surface area (Å²) in [5.41, 5.74) is 1.37. The van der Waals surface area contributed by atoms with Crippen molar-refractivity contribution in [3.8, 4) is 0 Å². The van der Waals surface area contributed by atoms with Crippen LogP contribution in [0.25, 0.3) is 0 Å². The van der Waals surface area contributed by atoms with E-state index in [9.17, 15) is 9.18 Å². The number of aromatic nitrogens is 1. The van der Waals surface area contributed by atoms with Gasteiger partial charge in [-0.2, -0.15) is 0 Å². The second-order valence-electron chi connectivity index (χ2n) is 3.49. The molecule has 0 spiro atoms. The molecule has 2 aromatic rings. The van der Waals surface area contributed by atoms with Crippen molar-refractivity contribution in [3.05, 3.63) is 51.7 Å². The molecule has 0 radical (unpaired) electrons. The average Bonchev–Trinajstić information content (AvgIpc) is 2.80. The second-order valence-corrected chi connectivity index (χ2v) is 4.70. The summed E-state index contributed by atoms with van der Waals surface area (Å²) < 4.78 is 12.7. The average molecular weight is 270 g/mol. The molecule has 0 fully saturated rings. The van der Waals surface area contributed by atoms with Crippen LogP contribution in [0, 0.1) is 5.82 Å². The zero-order chi connectivity index (χ0) is 12.3. The third-order valence-corrected chi connectivity index (χ3v) is 3.32. The highest BCUT2D eigenvalue weighted by atomic mass is 35.5. The molecule has 1 aromatic carbocycles. The SMILES string of the molecule is O=C(CCl)c1csc(Cc2ccc(F)cc2)n1. The zero-order valence-electron chi connectivity index (χ0n) is 8.82. The van der Waals surface area contributed by atoms with Crippen LogP contribution in [0.5, 0.6) is 0 Å². The Kier molecular flexibility index (Phi) is 3.86. The Morgan fingerprint density at radius 3 is 2.71 bits per heavy atom. The van der Waals surface area contributed by atoms with Crippen molar-refractivity contribution in [2.24, 2.45) is 0 Å². The van der Waals surface area contributed by atoms with Gasteiger partial charge >= 0.3 is 0 Å². The molecular formula is C12H9ClFNOS. The normalized spacial score (nSPS) is 10.5. The Balaban J connectivity index is 2.11. The highest BCUT2D eigenvalue weighted by Gasteiger charge is 2.09. The first-order valence-corrected chi connectivity index (χ1v) is 6.38. The molecule has 5 heteroatoms. The number of carbonyl (C=O) groups is 1. The van der Waals surface area contributed by atoms with Crippen molar-refractivity contribution in [3.63, 3.8) is 0 Å².